The number of primary amides is 1. The summed E-state index contributed by atoms with van der Waals surface area (Å²) < 4.78 is 6.25. The lowest BCUT2D eigenvalue weighted by atomic mass is 9.93. The number of hydrogen-bond acceptors (Lipinski definition) is 25. The first kappa shape index (κ1) is 110. The lowest BCUT2D eigenvalue weighted by Crippen LogP contribution is -2.62. The SMILES string of the molecule is CC[C@H](C)[C@H](NC(=O)[C@H](Cc1cnc[nH]1)NC(=O)[C@H](CS)NC(=O)[C@H](CC(C)C)NC(=O)[C@H](CC(=O)O)NC(=O)[C@H](Cc1ccc(O)c(I)c1)NC(=O)[C@@H]1CCCN1C(=O)[C@H](CS)NC(=O)[C@H](Cc1cnc[nH]1)NC(=O)[C@H](Cc1ccccc1)NC(=O)CNC(=O)CNC(=O)[C@H](N)CCCCNC(=O)Nc1ccc(-c2c3ccc(O)cc3[o+]c3cc(O)ccc23)c(C(=O)O)c1)C(=O)N[C@@H](CC(C)C)C(N)=O. The Bertz CT molecular complexity index is 5770. The molecule has 1 saturated heterocycles. The summed E-state index contributed by atoms with van der Waals surface area (Å²) in [6.07, 6.45) is 4.68. The molecule has 16 amide bonds. The summed E-state index contributed by atoms with van der Waals surface area (Å²) in [5.41, 5.74) is 14.5. The second-order valence-electron chi connectivity index (χ2n) is 34.9. The highest BCUT2D eigenvalue weighted by atomic mass is 127. The molecule has 0 radical (unpaired) electrons. The van der Waals surface area contributed by atoms with E-state index in [0.717, 1.165) is 4.90 Å². The fourth-order valence-electron chi connectivity index (χ4n) is 15.6. The number of nitrogens with zero attached hydrogens (tertiary/aromatic N) is 3. The van der Waals surface area contributed by atoms with Gasteiger partial charge in [-0.2, -0.15) is 25.3 Å². The first-order chi connectivity index (χ1) is 67.1. The number of anilines is 1. The average molecular weight is 2100 g/mol. The van der Waals surface area contributed by atoms with Gasteiger partial charge in [0.1, 0.15) is 83.7 Å². The fourth-order valence-corrected chi connectivity index (χ4v) is 16.7. The number of aromatic carboxylic acids is 1. The number of rotatable bonds is 52. The number of H-pyrrole nitrogens is 2. The van der Waals surface area contributed by atoms with E-state index >= 15 is 0 Å². The van der Waals surface area contributed by atoms with Crippen LogP contribution in [0.25, 0.3) is 33.1 Å². The zero-order valence-electron chi connectivity index (χ0n) is 78.1. The van der Waals surface area contributed by atoms with Crippen LogP contribution in [0.5, 0.6) is 17.2 Å². The number of benzene rings is 5. The van der Waals surface area contributed by atoms with E-state index in [2.05, 4.69) is 120 Å². The molecule has 1 aliphatic rings. The molecule has 0 bridgehead atoms. The Hall–Kier alpha value is -14.2. The number of halogens is 1. The molecule has 0 spiro atoms. The van der Waals surface area contributed by atoms with Crippen molar-refractivity contribution in [1.82, 2.24) is 94.0 Å². The van der Waals surface area contributed by atoms with Crippen molar-refractivity contribution in [3.8, 4) is 28.4 Å². The first-order valence-corrected chi connectivity index (χ1v) is 47.9. The molecular weight excluding hydrogens is 1980 g/mol. The molecule has 0 aliphatic carbocycles. The minimum Gasteiger partial charge on any atom is -0.508 e. The number of aliphatic carboxylic acids is 1. The lowest BCUT2D eigenvalue weighted by molar-refractivity contribution is -0.142. The molecule has 25 N–H and O–H groups in total. The topological polar surface area (TPSA) is 684 Å². The van der Waals surface area contributed by atoms with Crippen molar-refractivity contribution in [3.05, 3.63) is 160 Å². The molecule has 3 aromatic heterocycles. The summed E-state index contributed by atoms with van der Waals surface area (Å²) in [6, 6.07) is 7.49. The number of aromatic hydroxyl groups is 3. The molecule has 47 heteroatoms. The smallest absolute Gasteiger partial charge is 0.365 e. The summed E-state index contributed by atoms with van der Waals surface area (Å²) in [6.45, 7) is 9.20. The highest BCUT2D eigenvalue weighted by Gasteiger charge is 2.43. The van der Waals surface area contributed by atoms with Gasteiger partial charge in [-0.05, 0) is 151 Å². The minimum absolute atomic E-state index is 0.00973. The van der Waals surface area contributed by atoms with Crippen LogP contribution in [0.15, 0.2) is 133 Å². The fraction of sp³-hybridized carbons (Fsp3) is 0.426. The number of carbonyl (C=O) groups excluding carboxylic acids is 15. The Labute approximate surface area is 834 Å². The van der Waals surface area contributed by atoms with Gasteiger partial charge in [0.05, 0.1) is 70.2 Å². The molecule has 4 heterocycles. The summed E-state index contributed by atoms with van der Waals surface area (Å²) in [7, 11) is 0. The third kappa shape index (κ3) is 33.0. The maximum Gasteiger partial charge on any atom is 0.365 e. The number of phenols is 3. The van der Waals surface area contributed by atoms with Gasteiger partial charge in [0.2, 0.25) is 82.7 Å². The molecule has 9 rings (SSSR count). The zero-order valence-corrected chi connectivity index (χ0v) is 82.0. The molecule has 1 aliphatic heterocycles. The van der Waals surface area contributed by atoms with Crippen LogP contribution in [0.3, 0.4) is 0 Å². The molecule has 0 unspecified atom stereocenters. The molecule has 8 aromatic rings. The summed E-state index contributed by atoms with van der Waals surface area (Å²) in [4.78, 5) is 251. The Kier molecular flexibility index (Phi) is 41.7. The van der Waals surface area contributed by atoms with Gasteiger partial charge < -0.3 is 126 Å². The quantitative estimate of drug-likeness (QED) is 0.00852. The van der Waals surface area contributed by atoms with Crippen molar-refractivity contribution in [2.24, 2.45) is 29.2 Å². The number of nitrogens with two attached hydrogens (primary N) is 2. The first-order valence-electron chi connectivity index (χ1n) is 45.6. The van der Waals surface area contributed by atoms with Crippen LogP contribution >= 0.6 is 47.8 Å². The molecule has 44 nitrogen and oxygen atoms in total. The van der Waals surface area contributed by atoms with Crippen molar-refractivity contribution in [1.29, 1.82) is 0 Å². The van der Waals surface area contributed by atoms with Gasteiger partial charge in [-0.1, -0.05) is 90.4 Å². The van der Waals surface area contributed by atoms with Crippen LogP contribution in [0, 0.1) is 21.3 Å². The van der Waals surface area contributed by atoms with Crippen molar-refractivity contribution < 1.29 is 111 Å². The Morgan fingerprint density at radius 2 is 1.06 bits per heavy atom. The number of hydrogen-bond donors (Lipinski definition) is 25. The monoisotopic (exact) mass is 2100 g/mol. The number of carboxylic acids is 2. The van der Waals surface area contributed by atoms with Gasteiger partial charge in [0, 0.05) is 85.3 Å². The summed E-state index contributed by atoms with van der Waals surface area (Å²) >= 11 is 10.6. The van der Waals surface area contributed by atoms with Gasteiger partial charge in [-0.3, -0.25) is 71.9 Å². The van der Waals surface area contributed by atoms with Crippen LogP contribution in [0.2, 0.25) is 0 Å². The molecule has 756 valence electrons. The number of thiol groups is 2. The molecule has 1 fully saturated rings. The number of aromatic amines is 2. The van der Waals surface area contributed by atoms with Crippen molar-refractivity contribution in [2.45, 2.75) is 198 Å². The van der Waals surface area contributed by atoms with Crippen LogP contribution in [0.1, 0.15) is 132 Å². The number of nitrogens with one attached hydrogen (secondary N) is 16. The Morgan fingerprint density at radius 1 is 0.539 bits per heavy atom. The van der Waals surface area contributed by atoms with E-state index in [4.69, 9.17) is 15.9 Å². The van der Waals surface area contributed by atoms with E-state index in [1.54, 1.807) is 70.2 Å². The molecule has 141 heavy (non-hydrogen) atoms. The van der Waals surface area contributed by atoms with Gasteiger partial charge in [0.25, 0.3) is 0 Å². The van der Waals surface area contributed by atoms with Crippen molar-refractivity contribution in [2.75, 3.05) is 43.0 Å². The molecule has 5 aromatic carbocycles. The predicted octanol–water partition coefficient (Wildman–Crippen LogP) is 2.02. The van der Waals surface area contributed by atoms with Crippen molar-refractivity contribution in [3.63, 3.8) is 0 Å². The third-order valence-electron chi connectivity index (χ3n) is 23.1. The zero-order chi connectivity index (χ0) is 103. The highest BCUT2D eigenvalue weighted by molar-refractivity contribution is 14.1. The van der Waals surface area contributed by atoms with Crippen LogP contribution in [-0.4, -0.2) is 261 Å². The van der Waals surface area contributed by atoms with E-state index in [-0.39, 0.29) is 128 Å². The number of aromatic nitrogens is 4. The summed E-state index contributed by atoms with van der Waals surface area (Å²) in [5.74, 6) is -17.7. The van der Waals surface area contributed by atoms with Crippen LogP contribution in [-0.2, 0) is 97.6 Å². The minimum atomic E-state index is -1.98. The van der Waals surface area contributed by atoms with Gasteiger partial charge in [0.15, 0.2) is 0 Å². The van der Waals surface area contributed by atoms with E-state index in [9.17, 15) is 107 Å². The van der Waals surface area contributed by atoms with Gasteiger partial charge in [-0.15, -0.1) is 0 Å². The van der Waals surface area contributed by atoms with Crippen LogP contribution < -0.4 is 85.9 Å². The number of amides is 16. The van der Waals surface area contributed by atoms with Crippen LogP contribution in [0.4, 0.5) is 10.5 Å². The number of unbranched alkanes of at least 4 members (excludes halogenated alkanes) is 1. The third-order valence-corrected chi connectivity index (χ3v) is 24.7. The predicted molar refractivity (Wildman–Crippen MR) is 530 cm³/mol. The second-order valence-corrected chi connectivity index (χ2v) is 36.8. The standard InChI is InChI=1S/C94H118IN21O23S2/c1-7-49(6)80(91(134)107-63(81(97)124)28-47(2)3)115-88(131)68(35-54-40-99-46-104-54)110-89(132)70(43-140)113-83(126)64(29-48(4)5)108-87(130)69(38-78(122)123)111-85(128)66(32-51-18-25-73(119)61(95)30-51)112-90(133)72-17-13-27-116(72)92(135)71(44-141)114-86(129)67(34-53-39-98-45-103-53)109-84(127)65(31-50-14-9-8-10-15-50)106-77(121)42-101-76(120)41-102-82(125)62(96)16-11-12-26-100-94(138)105-52-19-22-57(60(33-52)93(136)137)79-58-23-20-55(117)36-74(58)139-75-37-56(118)21-24-59(75)79/h8-10,14-15,18-25,30,33,36-37,39-40,45-49,62-72,80H,7,11-13,16-17,26-29,31-32,34-35,38,41-44,96H2,1-6H3,(H24-,97,98,99,100,101,102,103,104,105,106,107,108,109,110,111,112,113,114,115,117,118,119,120,121,122,123,124,125,126,127,128,129,130,131,132,133,134,136,137,138,140,141)/p+1/t49-,62+,63-,64-,65-,66-,67-,68-,69-,70-,71-,72-,80-/m0/s1. The number of carbonyl (C=O) groups is 17. The van der Waals surface area contributed by atoms with Crippen molar-refractivity contribution >= 4 is 176 Å². The average Bonchev–Trinajstić information content (AvgIpc) is 1.53. The lowest BCUT2D eigenvalue weighted by Gasteiger charge is -2.31. The summed E-state index contributed by atoms with van der Waals surface area (Å²) in [5, 5.41) is 88.5. The molecule has 0 saturated carbocycles. The van der Waals surface area contributed by atoms with Gasteiger partial charge >= 0.3 is 29.1 Å². The molecular formula is C94H119IN21O23S2+. The molecule has 13 atom stereocenters. The normalized spacial score (nSPS) is 14.9. The van der Waals surface area contributed by atoms with E-state index in [1.165, 1.54) is 85.7 Å². The van der Waals surface area contributed by atoms with E-state index in [1.807, 2.05) is 36.4 Å². The number of urea groups is 1. The van der Waals surface area contributed by atoms with E-state index < -0.39 is 210 Å². The number of phenolic OH excluding ortho intramolecular Hbond substituents is 3. The highest BCUT2D eigenvalue weighted by Crippen LogP contribution is 2.41. The number of carboxylic acid groups (broad SMARTS) is 2. The van der Waals surface area contributed by atoms with Gasteiger partial charge in [-0.25, -0.2) is 24.0 Å². The maximum absolute atomic E-state index is 14.9. The number of imidazole rings is 2. The number of fused-ring (bicyclic) bond motifs is 2. The Morgan fingerprint density at radius 3 is 1.62 bits per heavy atom. The Balaban J connectivity index is 0.793. The largest absolute Gasteiger partial charge is 0.508 e. The maximum atomic E-state index is 14.9. The second kappa shape index (κ2) is 53.2. The van der Waals surface area contributed by atoms with E-state index in [0.29, 0.717) is 61.7 Å². The number of likely N-dealkylation sites (tertiary alicyclic amines) is 1.